The van der Waals surface area contributed by atoms with Crippen LogP contribution in [0.1, 0.15) is 6.04 Å². The smallest absolute Gasteiger partial charge is 0.165 e. The molecule has 2 heterocycles. The molecule has 27 heavy (non-hydrogen) atoms. The lowest BCUT2D eigenvalue weighted by Gasteiger charge is -2.45. The minimum Gasteiger partial charge on any atom is -0.394 e. The molecule has 4 atom stereocenters. The van der Waals surface area contributed by atoms with Crippen molar-refractivity contribution in [2.45, 2.75) is 24.0 Å². The number of nitrogens with zero attached hydrogens (tertiary/aromatic N) is 3. The van der Waals surface area contributed by atoms with Crippen LogP contribution in [-0.4, -0.2) is 81.7 Å². The second kappa shape index (κ2) is 8.38. The van der Waals surface area contributed by atoms with Crippen molar-refractivity contribution in [2.75, 3.05) is 33.5 Å². The maximum atomic E-state index is 13.5. The van der Waals surface area contributed by atoms with E-state index in [-0.39, 0.29) is 6.61 Å². The molecule has 10 heteroatoms. The summed E-state index contributed by atoms with van der Waals surface area (Å²) in [6.07, 6.45) is -0.641. The zero-order valence-corrected chi connectivity index (χ0v) is 14.8. The maximum absolute atomic E-state index is 13.5. The zero-order chi connectivity index (χ0) is 19.4. The fourth-order valence-electron chi connectivity index (χ4n) is 3.16. The molecule has 0 spiro atoms. The molecule has 4 N–H and O–H groups in total. The topological polar surface area (TPSA) is 122 Å². The van der Waals surface area contributed by atoms with Crippen LogP contribution in [0, 0.1) is 5.82 Å². The molecule has 2 aromatic rings. The third-order valence-electron chi connectivity index (χ3n) is 4.54. The summed E-state index contributed by atoms with van der Waals surface area (Å²) in [5, 5.41) is 42.0. The standard InChI is InChI=1S/C17H23FN4O5/c1-26-6-5-19-17(25)10-27-14(9-23)15(24)16(17)22-8-13(20-21-22)11-3-2-4-12(18)7-11/h2-4,7-8,14-16,19,23-25H,5-6,9-10H2,1H3/t14?,15-,16?,17?/m0/s1. The molecule has 0 saturated carbocycles. The first-order valence-corrected chi connectivity index (χ1v) is 8.53. The Hall–Kier alpha value is -1.95. The lowest BCUT2D eigenvalue weighted by Crippen LogP contribution is -2.65. The van der Waals surface area contributed by atoms with Crippen LogP contribution in [0.2, 0.25) is 0 Å². The van der Waals surface area contributed by atoms with Crippen molar-refractivity contribution in [2.24, 2.45) is 0 Å². The number of hydrogen-bond acceptors (Lipinski definition) is 8. The van der Waals surface area contributed by atoms with Crippen molar-refractivity contribution in [3.05, 3.63) is 36.3 Å². The highest BCUT2D eigenvalue weighted by Gasteiger charge is 2.50. The predicted molar refractivity (Wildman–Crippen MR) is 92.1 cm³/mol. The van der Waals surface area contributed by atoms with Gasteiger partial charge in [-0.3, -0.25) is 5.32 Å². The van der Waals surface area contributed by atoms with Gasteiger partial charge in [0.2, 0.25) is 0 Å². The van der Waals surface area contributed by atoms with Crippen LogP contribution in [-0.2, 0) is 9.47 Å². The third kappa shape index (κ3) is 4.15. The van der Waals surface area contributed by atoms with Crippen LogP contribution in [0.25, 0.3) is 11.3 Å². The van der Waals surface area contributed by atoms with Gasteiger partial charge in [-0.05, 0) is 12.1 Å². The molecular formula is C17H23FN4O5. The van der Waals surface area contributed by atoms with Gasteiger partial charge >= 0.3 is 0 Å². The Morgan fingerprint density at radius 1 is 1.48 bits per heavy atom. The van der Waals surface area contributed by atoms with Gasteiger partial charge in [-0.15, -0.1) is 5.10 Å². The van der Waals surface area contributed by atoms with E-state index in [0.717, 1.165) is 0 Å². The summed E-state index contributed by atoms with van der Waals surface area (Å²) in [6, 6.07) is 4.87. The Balaban J connectivity index is 1.91. The minimum absolute atomic E-state index is 0.182. The van der Waals surface area contributed by atoms with E-state index in [1.165, 1.54) is 30.1 Å². The highest BCUT2D eigenvalue weighted by Crippen LogP contribution is 2.33. The van der Waals surface area contributed by atoms with Gasteiger partial charge < -0.3 is 24.8 Å². The summed E-state index contributed by atoms with van der Waals surface area (Å²) in [5.41, 5.74) is -0.776. The highest BCUT2D eigenvalue weighted by atomic mass is 19.1. The molecule has 1 aliphatic heterocycles. The number of benzene rings is 1. The molecule has 1 aromatic carbocycles. The van der Waals surface area contributed by atoms with E-state index in [0.29, 0.717) is 24.4 Å². The number of ether oxygens (including phenoxy) is 2. The van der Waals surface area contributed by atoms with Crippen LogP contribution in [0.5, 0.6) is 0 Å². The summed E-state index contributed by atoms with van der Waals surface area (Å²) in [4.78, 5) is 0. The van der Waals surface area contributed by atoms with E-state index in [4.69, 9.17) is 9.47 Å². The Labute approximate surface area is 155 Å². The average molecular weight is 382 g/mol. The first-order chi connectivity index (χ1) is 13.0. The molecule has 3 unspecified atom stereocenters. The third-order valence-corrected chi connectivity index (χ3v) is 4.54. The van der Waals surface area contributed by atoms with E-state index in [1.807, 2.05) is 0 Å². The predicted octanol–water partition coefficient (Wildman–Crippen LogP) is -0.698. The Morgan fingerprint density at radius 3 is 3.00 bits per heavy atom. The lowest BCUT2D eigenvalue weighted by molar-refractivity contribution is -0.223. The van der Waals surface area contributed by atoms with Crippen molar-refractivity contribution < 1.29 is 29.2 Å². The van der Waals surface area contributed by atoms with Gasteiger partial charge in [-0.2, -0.15) is 0 Å². The van der Waals surface area contributed by atoms with E-state index in [9.17, 15) is 19.7 Å². The molecule has 148 valence electrons. The number of rotatable bonds is 7. The quantitative estimate of drug-likeness (QED) is 0.366. The van der Waals surface area contributed by atoms with Crippen molar-refractivity contribution in [3.63, 3.8) is 0 Å². The number of halogens is 1. The second-order valence-electron chi connectivity index (χ2n) is 6.41. The van der Waals surface area contributed by atoms with E-state index in [2.05, 4.69) is 15.6 Å². The monoisotopic (exact) mass is 382 g/mol. The van der Waals surface area contributed by atoms with Gasteiger partial charge in [0.25, 0.3) is 0 Å². The van der Waals surface area contributed by atoms with Crippen LogP contribution in [0.4, 0.5) is 4.39 Å². The van der Waals surface area contributed by atoms with Gasteiger partial charge in [0, 0.05) is 19.2 Å². The summed E-state index contributed by atoms with van der Waals surface area (Å²) in [5.74, 6) is -0.411. The molecular weight excluding hydrogens is 359 g/mol. The number of nitrogens with one attached hydrogen (secondary N) is 1. The van der Waals surface area contributed by atoms with Gasteiger partial charge in [0.05, 0.1) is 26.0 Å². The number of methoxy groups -OCH3 is 1. The first kappa shape index (κ1) is 19.8. The summed E-state index contributed by atoms with van der Waals surface area (Å²) >= 11 is 0. The normalized spacial score (nSPS) is 28.4. The fraction of sp³-hybridized carbons (Fsp3) is 0.529. The summed E-state index contributed by atoms with van der Waals surface area (Å²) in [6.45, 7) is 0.0331. The molecule has 9 nitrogen and oxygen atoms in total. The molecule has 0 bridgehead atoms. The molecule has 1 aromatic heterocycles. The lowest BCUT2D eigenvalue weighted by atomic mass is 9.92. The molecule has 0 amide bonds. The van der Waals surface area contributed by atoms with E-state index >= 15 is 0 Å². The van der Waals surface area contributed by atoms with Crippen LogP contribution in [0.3, 0.4) is 0 Å². The van der Waals surface area contributed by atoms with Crippen molar-refractivity contribution in [1.29, 1.82) is 0 Å². The Bertz CT molecular complexity index is 756. The van der Waals surface area contributed by atoms with Gasteiger partial charge in [0.15, 0.2) is 5.72 Å². The molecule has 0 aliphatic carbocycles. The summed E-state index contributed by atoms with van der Waals surface area (Å²) in [7, 11) is 1.53. The number of aliphatic hydroxyl groups excluding tert-OH is 2. The van der Waals surface area contributed by atoms with Crippen molar-refractivity contribution >= 4 is 0 Å². The van der Waals surface area contributed by atoms with Crippen LogP contribution < -0.4 is 5.32 Å². The maximum Gasteiger partial charge on any atom is 0.165 e. The van der Waals surface area contributed by atoms with E-state index in [1.54, 1.807) is 12.1 Å². The zero-order valence-electron chi connectivity index (χ0n) is 14.8. The second-order valence-corrected chi connectivity index (χ2v) is 6.41. The Kier molecular flexibility index (Phi) is 6.15. The van der Waals surface area contributed by atoms with Crippen molar-refractivity contribution in [3.8, 4) is 11.3 Å². The van der Waals surface area contributed by atoms with E-state index < -0.39 is 36.4 Å². The van der Waals surface area contributed by atoms with Gasteiger partial charge in [-0.25, -0.2) is 9.07 Å². The molecule has 1 aliphatic rings. The molecule has 1 fully saturated rings. The SMILES string of the molecule is COCCNC1(O)COC(CO)[C@H](O)C1n1cc(-c2cccc(F)c2)nn1. The number of aromatic nitrogens is 3. The highest BCUT2D eigenvalue weighted by molar-refractivity contribution is 5.57. The van der Waals surface area contributed by atoms with Gasteiger partial charge in [0.1, 0.15) is 29.8 Å². The number of hydrogen-bond donors (Lipinski definition) is 4. The van der Waals surface area contributed by atoms with Crippen molar-refractivity contribution in [1.82, 2.24) is 20.3 Å². The first-order valence-electron chi connectivity index (χ1n) is 8.53. The number of aliphatic hydroxyl groups is 3. The average Bonchev–Trinajstić information content (AvgIpc) is 3.12. The van der Waals surface area contributed by atoms with Crippen LogP contribution >= 0.6 is 0 Å². The van der Waals surface area contributed by atoms with Crippen LogP contribution in [0.15, 0.2) is 30.5 Å². The summed E-state index contributed by atoms with van der Waals surface area (Å²) < 4.78 is 25.1. The minimum atomic E-state index is -1.67. The fourth-order valence-corrected chi connectivity index (χ4v) is 3.16. The Morgan fingerprint density at radius 2 is 2.30 bits per heavy atom. The molecule has 0 radical (unpaired) electrons. The van der Waals surface area contributed by atoms with Gasteiger partial charge in [-0.1, -0.05) is 17.3 Å². The molecule has 3 rings (SSSR count). The largest absolute Gasteiger partial charge is 0.394 e. The molecule has 1 saturated heterocycles.